The summed E-state index contributed by atoms with van der Waals surface area (Å²) in [5, 5.41) is 8.72. The zero-order chi connectivity index (χ0) is 12.3. The largest absolute Gasteiger partial charge is 0.480 e. The first-order chi connectivity index (χ1) is 6.56. The molecule has 5 nitrogen and oxygen atoms in total. The number of thioether (sulfide) groups is 1. The molecule has 0 aliphatic heterocycles. The second-order valence-electron chi connectivity index (χ2n) is 3.90. The van der Waals surface area contributed by atoms with Gasteiger partial charge in [-0.15, -0.1) is 0 Å². The second kappa shape index (κ2) is 5.18. The summed E-state index contributed by atoms with van der Waals surface area (Å²) in [5.41, 5.74) is 5.47. The van der Waals surface area contributed by atoms with E-state index in [1.807, 2.05) is 0 Å². The lowest BCUT2D eigenvalue weighted by Gasteiger charge is -2.27. The normalized spacial score (nSPS) is 14.9. The van der Waals surface area contributed by atoms with E-state index < -0.39 is 26.6 Å². The molecule has 0 bridgehead atoms. The Morgan fingerprint density at radius 1 is 1.53 bits per heavy atom. The first-order valence-corrected chi connectivity index (χ1v) is 7.41. The van der Waals surface area contributed by atoms with Crippen LogP contribution in [0.2, 0.25) is 0 Å². The SMILES string of the molecule is CC(C)(SCCS(C)(=O)=O)[C@H](N)C(=O)O. The highest BCUT2D eigenvalue weighted by molar-refractivity contribution is 8.01. The Kier molecular flexibility index (Phi) is 5.08. The van der Waals surface area contributed by atoms with Crippen molar-refractivity contribution in [1.29, 1.82) is 0 Å². The predicted octanol–water partition coefficient (Wildman–Crippen LogP) is -0.0453. The van der Waals surface area contributed by atoms with Crippen LogP contribution in [0.4, 0.5) is 0 Å². The third kappa shape index (κ3) is 6.01. The van der Waals surface area contributed by atoms with Crippen molar-refractivity contribution in [3.05, 3.63) is 0 Å². The number of carboxylic acid groups (broad SMARTS) is 1. The van der Waals surface area contributed by atoms with Gasteiger partial charge in [-0.05, 0) is 13.8 Å². The van der Waals surface area contributed by atoms with Crippen LogP contribution in [0.1, 0.15) is 13.8 Å². The van der Waals surface area contributed by atoms with Crippen molar-refractivity contribution in [2.75, 3.05) is 17.8 Å². The number of hydrogen-bond donors (Lipinski definition) is 2. The zero-order valence-electron chi connectivity index (χ0n) is 9.06. The fourth-order valence-electron chi connectivity index (χ4n) is 0.843. The molecule has 0 aliphatic carbocycles. The lowest BCUT2D eigenvalue weighted by Crippen LogP contribution is -2.47. The van der Waals surface area contributed by atoms with E-state index in [1.54, 1.807) is 13.8 Å². The van der Waals surface area contributed by atoms with Gasteiger partial charge in [0, 0.05) is 16.8 Å². The van der Waals surface area contributed by atoms with Crippen molar-refractivity contribution in [2.24, 2.45) is 5.73 Å². The number of hydrogen-bond acceptors (Lipinski definition) is 5. The topological polar surface area (TPSA) is 97.5 Å². The van der Waals surface area contributed by atoms with E-state index in [-0.39, 0.29) is 5.75 Å². The number of aliphatic carboxylic acids is 1. The smallest absolute Gasteiger partial charge is 0.321 e. The standard InChI is InChI=1S/C8H17NO4S2/c1-8(2,6(9)7(10)11)14-4-5-15(3,12)13/h6H,4-5,9H2,1-3H3,(H,10,11)/t6-/m1/s1. The molecule has 0 heterocycles. The van der Waals surface area contributed by atoms with Crippen molar-refractivity contribution in [3.63, 3.8) is 0 Å². The minimum absolute atomic E-state index is 0.0352. The quantitative estimate of drug-likeness (QED) is 0.691. The predicted molar refractivity (Wildman–Crippen MR) is 61.9 cm³/mol. The van der Waals surface area contributed by atoms with Crippen LogP contribution in [-0.2, 0) is 14.6 Å². The summed E-state index contributed by atoms with van der Waals surface area (Å²) >= 11 is 1.26. The van der Waals surface area contributed by atoms with Crippen LogP contribution in [-0.4, -0.2) is 48.0 Å². The monoisotopic (exact) mass is 255 g/mol. The maximum absolute atomic E-state index is 10.9. The van der Waals surface area contributed by atoms with Gasteiger partial charge in [0.1, 0.15) is 15.9 Å². The summed E-state index contributed by atoms with van der Waals surface area (Å²) in [6.45, 7) is 3.39. The maximum Gasteiger partial charge on any atom is 0.321 e. The molecule has 90 valence electrons. The van der Waals surface area contributed by atoms with E-state index in [1.165, 1.54) is 11.8 Å². The van der Waals surface area contributed by atoms with Crippen molar-refractivity contribution in [3.8, 4) is 0 Å². The van der Waals surface area contributed by atoms with Gasteiger partial charge in [-0.2, -0.15) is 11.8 Å². The van der Waals surface area contributed by atoms with Gasteiger partial charge >= 0.3 is 5.97 Å². The van der Waals surface area contributed by atoms with Crippen LogP contribution in [0.5, 0.6) is 0 Å². The van der Waals surface area contributed by atoms with Crippen molar-refractivity contribution in [2.45, 2.75) is 24.6 Å². The third-order valence-electron chi connectivity index (χ3n) is 1.94. The molecular weight excluding hydrogens is 238 g/mol. The van der Waals surface area contributed by atoms with Gasteiger partial charge in [0.05, 0.1) is 5.75 Å². The molecule has 0 amide bonds. The van der Waals surface area contributed by atoms with Crippen LogP contribution in [0.15, 0.2) is 0 Å². The average Bonchev–Trinajstić information content (AvgIpc) is 1.99. The lowest BCUT2D eigenvalue weighted by atomic mass is 10.1. The number of rotatable bonds is 6. The van der Waals surface area contributed by atoms with Crippen LogP contribution in [0, 0.1) is 0 Å². The van der Waals surface area contributed by atoms with Crippen molar-refractivity contribution >= 4 is 27.6 Å². The molecule has 3 N–H and O–H groups in total. The van der Waals surface area contributed by atoms with Gasteiger partial charge in [-0.3, -0.25) is 4.79 Å². The Bertz CT molecular complexity index is 324. The first-order valence-electron chi connectivity index (χ1n) is 4.36. The highest BCUT2D eigenvalue weighted by Gasteiger charge is 2.32. The molecule has 0 rings (SSSR count). The summed E-state index contributed by atoms with van der Waals surface area (Å²) in [7, 11) is -3.00. The van der Waals surface area contributed by atoms with Gasteiger partial charge in [-0.25, -0.2) is 8.42 Å². The van der Waals surface area contributed by atoms with Gasteiger partial charge in [0.25, 0.3) is 0 Å². The summed E-state index contributed by atoms with van der Waals surface area (Å²) < 4.78 is 21.0. The molecule has 0 spiro atoms. The number of nitrogens with two attached hydrogens (primary N) is 1. The van der Waals surface area contributed by atoms with E-state index in [4.69, 9.17) is 10.8 Å². The molecule has 0 radical (unpaired) electrons. The molecule has 0 aliphatic rings. The lowest BCUT2D eigenvalue weighted by molar-refractivity contribution is -0.139. The Morgan fingerprint density at radius 3 is 2.33 bits per heavy atom. The van der Waals surface area contributed by atoms with Gasteiger partial charge < -0.3 is 10.8 Å². The van der Waals surface area contributed by atoms with Crippen LogP contribution >= 0.6 is 11.8 Å². The van der Waals surface area contributed by atoms with Crippen molar-refractivity contribution < 1.29 is 18.3 Å². The molecule has 0 aromatic rings. The number of carbonyl (C=O) groups is 1. The van der Waals surface area contributed by atoms with Gasteiger partial charge in [0.2, 0.25) is 0 Å². The van der Waals surface area contributed by atoms with Crippen LogP contribution in [0.3, 0.4) is 0 Å². The van der Waals surface area contributed by atoms with E-state index in [0.717, 1.165) is 6.26 Å². The van der Waals surface area contributed by atoms with E-state index >= 15 is 0 Å². The van der Waals surface area contributed by atoms with Crippen molar-refractivity contribution in [1.82, 2.24) is 0 Å². The maximum atomic E-state index is 10.9. The highest BCUT2D eigenvalue weighted by Crippen LogP contribution is 2.27. The molecule has 15 heavy (non-hydrogen) atoms. The average molecular weight is 255 g/mol. The second-order valence-corrected chi connectivity index (χ2v) is 7.91. The summed E-state index contributed by atoms with van der Waals surface area (Å²) in [6, 6.07) is -0.998. The molecule has 0 aromatic carbocycles. The Balaban J connectivity index is 4.22. The Labute approximate surface area is 94.3 Å². The minimum atomic E-state index is -3.00. The van der Waals surface area contributed by atoms with Crippen LogP contribution < -0.4 is 5.73 Å². The van der Waals surface area contributed by atoms with Gasteiger partial charge in [0.15, 0.2) is 0 Å². The number of carboxylic acids is 1. The fraction of sp³-hybridized carbons (Fsp3) is 0.875. The summed E-state index contributed by atoms with van der Waals surface area (Å²) in [4.78, 5) is 10.6. The summed E-state index contributed by atoms with van der Waals surface area (Å²) in [5.74, 6) is -0.688. The molecule has 0 fully saturated rings. The Hall–Kier alpha value is -0.270. The van der Waals surface area contributed by atoms with E-state index in [0.29, 0.717) is 5.75 Å². The fourth-order valence-corrected chi connectivity index (χ4v) is 3.19. The van der Waals surface area contributed by atoms with E-state index in [9.17, 15) is 13.2 Å². The molecular formula is C8H17NO4S2. The van der Waals surface area contributed by atoms with E-state index in [2.05, 4.69) is 0 Å². The van der Waals surface area contributed by atoms with Crippen LogP contribution in [0.25, 0.3) is 0 Å². The molecule has 0 saturated heterocycles. The number of sulfone groups is 1. The highest BCUT2D eigenvalue weighted by atomic mass is 32.2. The molecule has 0 saturated carbocycles. The van der Waals surface area contributed by atoms with Gasteiger partial charge in [-0.1, -0.05) is 0 Å². The molecule has 1 atom stereocenters. The third-order valence-corrected chi connectivity index (χ3v) is 4.55. The molecule has 0 unspecified atom stereocenters. The minimum Gasteiger partial charge on any atom is -0.480 e. The molecule has 7 heteroatoms. The zero-order valence-corrected chi connectivity index (χ0v) is 10.7. The first kappa shape index (κ1) is 14.7. The summed E-state index contributed by atoms with van der Waals surface area (Å²) in [6.07, 6.45) is 1.15. The Morgan fingerprint density at radius 2 is 2.00 bits per heavy atom. The molecule has 0 aromatic heterocycles.